The van der Waals surface area contributed by atoms with Crippen molar-refractivity contribution in [3.8, 4) is 16.9 Å². The van der Waals surface area contributed by atoms with E-state index in [-0.39, 0.29) is 11.1 Å². The van der Waals surface area contributed by atoms with E-state index in [4.69, 9.17) is 4.74 Å². The van der Waals surface area contributed by atoms with Gasteiger partial charge in [-0.25, -0.2) is 13.6 Å². The molecule has 0 radical (unpaired) electrons. The summed E-state index contributed by atoms with van der Waals surface area (Å²) in [5, 5.41) is 0. The van der Waals surface area contributed by atoms with Crippen molar-refractivity contribution >= 4 is 5.97 Å². The van der Waals surface area contributed by atoms with E-state index in [2.05, 4.69) is 6.92 Å². The zero-order valence-corrected chi connectivity index (χ0v) is 20.0. The van der Waals surface area contributed by atoms with E-state index >= 15 is 0 Å². The van der Waals surface area contributed by atoms with E-state index in [9.17, 15) is 18.0 Å². The van der Waals surface area contributed by atoms with Gasteiger partial charge in [-0.2, -0.15) is 4.39 Å². The Kier molecular flexibility index (Phi) is 8.27. The predicted molar refractivity (Wildman–Crippen MR) is 132 cm³/mol. The smallest absolute Gasteiger partial charge is 0.343 e. The Bertz CT molecular complexity index is 1130. The third-order valence-corrected chi connectivity index (χ3v) is 7.09. The Labute approximate surface area is 205 Å². The number of halogens is 3. The van der Waals surface area contributed by atoms with E-state index < -0.39 is 29.2 Å². The minimum absolute atomic E-state index is 0.0354. The summed E-state index contributed by atoms with van der Waals surface area (Å²) >= 11 is 0. The van der Waals surface area contributed by atoms with Crippen LogP contribution < -0.4 is 4.74 Å². The molecule has 0 aliphatic heterocycles. The number of hydrogen-bond acceptors (Lipinski definition) is 2. The van der Waals surface area contributed by atoms with Crippen LogP contribution in [0.15, 0.2) is 60.7 Å². The van der Waals surface area contributed by atoms with Crippen LogP contribution in [-0.4, -0.2) is 5.97 Å². The summed E-state index contributed by atoms with van der Waals surface area (Å²) in [4.78, 5) is 12.6. The van der Waals surface area contributed by atoms with Gasteiger partial charge in [-0.05, 0) is 85.0 Å². The number of unbranched alkanes of at least 4 members (excludes halogenated alkanes) is 2. The molecule has 0 aromatic heterocycles. The van der Waals surface area contributed by atoms with E-state index in [0.717, 1.165) is 18.8 Å². The Morgan fingerprint density at radius 2 is 1.51 bits per heavy atom. The minimum Gasteiger partial charge on any atom is -0.420 e. The number of hydrogen-bond donors (Lipinski definition) is 0. The second kappa shape index (κ2) is 11.6. The van der Waals surface area contributed by atoms with E-state index in [0.29, 0.717) is 11.5 Å². The number of carbonyl (C=O) groups is 1. The molecular weight excluding hydrogens is 449 g/mol. The molecule has 0 unspecified atom stereocenters. The maximum Gasteiger partial charge on any atom is 0.343 e. The van der Waals surface area contributed by atoms with Crippen molar-refractivity contribution < 1.29 is 22.7 Å². The minimum atomic E-state index is -1.26. The molecule has 35 heavy (non-hydrogen) atoms. The van der Waals surface area contributed by atoms with Crippen LogP contribution in [0.25, 0.3) is 11.1 Å². The van der Waals surface area contributed by atoms with Gasteiger partial charge in [-0.3, -0.25) is 0 Å². The molecule has 0 spiro atoms. The molecule has 0 heterocycles. The molecule has 0 saturated heterocycles. The largest absolute Gasteiger partial charge is 0.420 e. The summed E-state index contributed by atoms with van der Waals surface area (Å²) in [6.45, 7) is 2.23. The zero-order valence-electron chi connectivity index (χ0n) is 20.0. The fourth-order valence-electron chi connectivity index (χ4n) is 4.98. The molecule has 3 aromatic carbocycles. The van der Waals surface area contributed by atoms with Crippen LogP contribution in [0.1, 0.15) is 80.1 Å². The van der Waals surface area contributed by atoms with Gasteiger partial charge in [0.15, 0.2) is 11.6 Å². The van der Waals surface area contributed by atoms with Gasteiger partial charge in [0, 0.05) is 5.56 Å². The first-order valence-corrected chi connectivity index (χ1v) is 12.5. The number of carbonyl (C=O) groups excluding carboxylic acids is 1. The average Bonchev–Trinajstić information content (AvgIpc) is 2.88. The van der Waals surface area contributed by atoms with Gasteiger partial charge in [0.25, 0.3) is 0 Å². The fraction of sp³-hybridized carbons (Fsp3) is 0.367. The van der Waals surface area contributed by atoms with Crippen LogP contribution in [0.3, 0.4) is 0 Å². The van der Waals surface area contributed by atoms with Gasteiger partial charge in [0.2, 0.25) is 5.82 Å². The van der Waals surface area contributed by atoms with Crippen LogP contribution >= 0.6 is 0 Å². The summed E-state index contributed by atoms with van der Waals surface area (Å²) in [6, 6.07) is 14.8. The molecule has 1 fully saturated rings. The van der Waals surface area contributed by atoms with Gasteiger partial charge in [0.05, 0.1) is 5.56 Å². The quantitative estimate of drug-likeness (QED) is 0.183. The second-order valence-corrected chi connectivity index (χ2v) is 9.47. The lowest BCUT2D eigenvalue weighted by Gasteiger charge is -2.29. The number of ether oxygens (including phenoxy) is 1. The SMILES string of the molecule is CCCCCC1CCC(c2ccc(C(=O)Oc3ccc(-c4ccc(F)cc4)c(F)c3F)cc2)CC1. The highest BCUT2D eigenvalue weighted by Gasteiger charge is 2.23. The lowest BCUT2D eigenvalue weighted by molar-refractivity contribution is 0.0726. The third kappa shape index (κ3) is 6.14. The molecule has 0 amide bonds. The van der Waals surface area contributed by atoms with E-state index in [1.54, 1.807) is 12.1 Å². The molecule has 0 bridgehead atoms. The highest BCUT2D eigenvalue weighted by molar-refractivity contribution is 5.91. The Morgan fingerprint density at radius 3 is 2.17 bits per heavy atom. The molecule has 1 saturated carbocycles. The molecule has 3 aromatic rings. The number of benzene rings is 3. The standard InChI is InChI=1S/C30H31F3O2/c1-2-3-4-5-20-6-8-21(9-7-20)22-10-12-24(13-11-22)30(34)35-27-19-18-26(28(32)29(27)33)23-14-16-25(31)17-15-23/h10-21H,2-9H2,1H3. The van der Waals surface area contributed by atoms with E-state index in [1.165, 1.54) is 80.5 Å². The predicted octanol–water partition coefficient (Wildman–Crippen LogP) is 8.84. The van der Waals surface area contributed by atoms with Crippen molar-refractivity contribution in [3.05, 3.63) is 89.2 Å². The van der Waals surface area contributed by atoms with Crippen molar-refractivity contribution in [2.24, 2.45) is 5.92 Å². The lowest BCUT2D eigenvalue weighted by atomic mass is 9.77. The third-order valence-electron chi connectivity index (χ3n) is 7.09. The van der Waals surface area contributed by atoms with Crippen LogP contribution in [0.4, 0.5) is 13.2 Å². The molecule has 0 N–H and O–H groups in total. The monoisotopic (exact) mass is 480 g/mol. The van der Waals surface area contributed by atoms with Gasteiger partial charge < -0.3 is 4.74 Å². The highest BCUT2D eigenvalue weighted by Crippen LogP contribution is 2.38. The molecular formula is C30H31F3O2. The Morgan fingerprint density at radius 1 is 0.829 bits per heavy atom. The van der Waals surface area contributed by atoms with Crippen molar-refractivity contribution in [3.63, 3.8) is 0 Å². The van der Waals surface area contributed by atoms with Crippen LogP contribution in [0, 0.1) is 23.4 Å². The first-order valence-electron chi connectivity index (χ1n) is 12.5. The summed E-state index contributed by atoms with van der Waals surface area (Å²) in [5.74, 6) is -2.78. The molecule has 4 rings (SSSR count). The zero-order chi connectivity index (χ0) is 24.8. The maximum absolute atomic E-state index is 14.6. The summed E-state index contributed by atoms with van der Waals surface area (Å²) in [7, 11) is 0. The normalized spacial score (nSPS) is 17.8. The topological polar surface area (TPSA) is 26.3 Å². The Balaban J connectivity index is 1.37. The van der Waals surface area contributed by atoms with Crippen molar-refractivity contribution in [2.45, 2.75) is 64.2 Å². The van der Waals surface area contributed by atoms with Crippen molar-refractivity contribution in [2.75, 3.05) is 0 Å². The Hall–Kier alpha value is -3.08. The highest BCUT2D eigenvalue weighted by atomic mass is 19.2. The first-order chi connectivity index (χ1) is 17.0. The second-order valence-electron chi connectivity index (χ2n) is 9.47. The maximum atomic E-state index is 14.6. The van der Waals surface area contributed by atoms with E-state index in [1.807, 2.05) is 12.1 Å². The lowest BCUT2D eigenvalue weighted by Crippen LogP contribution is -2.14. The number of esters is 1. The molecule has 184 valence electrons. The average molecular weight is 481 g/mol. The van der Waals surface area contributed by atoms with Gasteiger partial charge in [0.1, 0.15) is 5.82 Å². The molecule has 5 heteroatoms. The number of rotatable bonds is 8. The van der Waals surface area contributed by atoms with Crippen molar-refractivity contribution in [1.82, 2.24) is 0 Å². The first kappa shape index (κ1) is 25.0. The van der Waals surface area contributed by atoms with Crippen LogP contribution in [-0.2, 0) is 0 Å². The molecule has 0 atom stereocenters. The van der Waals surface area contributed by atoms with Crippen molar-refractivity contribution in [1.29, 1.82) is 0 Å². The summed E-state index contributed by atoms with van der Waals surface area (Å²) < 4.78 is 47.5. The molecule has 2 nitrogen and oxygen atoms in total. The summed E-state index contributed by atoms with van der Waals surface area (Å²) in [5.41, 5.74) is 1.77. The molecule has 1 aliphatic rings. The van der Waals surface area contributed by atoms with Gasteiger partial charge >= 0.3 is 5.97 Å². The van der Waals surface area contributed by atoms with Gasteiger partial charge in [-0.1, -0.05) is 56.9 Å². The van der Waals surface area contributed by atoms with Crippen LogP contribution in [0.2, 0.25) is 0 Å². The van der Waals surface area contributed by atoms with Crippen LogP contribution in [0.5, 0.6) is 5.75 Å². The molecule has 1 aliphatic carbocycles. The van der Waals surface area contributed by atoms with Gasteiger partial charge in [-0.15, -0.1) is 0 Å². The summed E-state index contributed by atoms with van der Waals surface area (Å²) in [6.07, 6.45) is 10.0. The fourth-order valence-corrected chi connectivity index (χ4v) is 4.98.